The maximum absolute atomic E-state index is 12.3. The molecule has 3 aliphatic heterocycles. The van der Waals surface area contributed by atoms with Gasteiger partial charge in [0, 0.05) is 5.92 Å². The third-order valence-electron chi connectivity index (χ3n) is 4.94. The number of aliphatic hydroxyl groups excluding tert-OH is 1. The minimum Gasteiger partial charge on any atom is -0.477 e. The molecule has 0 saturated carbocycles. The van der Waals surface area contributed by atoms with Gasteiger partial charge in [0.2, 0.25) is 5.91 Å². The SMILES string of the molecule is C=CCOC(=O)C1NCCC2=C(C(=O)O)N3C(=O)[C@H]([C@@H](C)O)[C@H]3[C@H]21. The van der Waals surface area contributed by atoms with Gasteiger partial charge in [0.25, 0.3) is 0 Å². The number of fused-ring (bicyclic) bond motifs is 3. The summed E-state index contributed by atoms with van der Waals surface area (Å²) in [5, 5.41) is 22.5. The summed E-state index contributed by atoms with van der Waals surface area (Å²) in [5.41, 5.74) is 0.526. The number of nitrogens with one attached hydrogen (secondary N) is 1. The molecule has 1 amide bonds. The molecular formula is C16H20N2O6. The van der Waals surface area contributed by atoms with Crippen LogP contribution in [0.4, 0.5) is 0 Å². The van der Waals surface area contributed by atoms with E-state index in [1.165, 1.54) is 17.9 Å². The van der Waals surface area contributed by atoms with Crippen molar-refractivity contribution in [2.75, 3.05) is 13.2 Å². The van der Waals surface area contributed by atoms with E-state index in [1.54, 1.807) is 0 Å². The van der Waals surface area contributed by atoms with E-state index in [0.29, 0.717) is 18.5 Å². The topological polar surface area (TPSA) is 116 Å². The minimum absolute atomic E-state index is 0.0464. The number of ether oxygens (including phenoxy) is 1. The van der Waals surface area contributed by atoms with Crippen molar-refractivity contribution >= 4 is 17.8 Å². The Morgan fingerprint density at radius 3 is 2.83 bits per heavy atom. The van der Waals surface area contributed by atoms with E-state index in [2.05, 4.69) is 11.9 Å². The number of β-lactam (4-membered cyclic amide) rings is 1. The molecule has 0 aliphatic carbocycles. The number of esters is 1. The second-order valence-corrected chi connectivity index (χ2v) is 6.27. The van der Waals surface area contributed by atoms with Crippen LogP contribution in [0.15, 0.2) is 23.9 Å². The summed E-state index contributed by atoms with van der Waals surface area (Å²) in [4.78, 5) is 37.5. The number of rotatable bonds is 5. The second-order valence-electron chi connectivity index (χ2n) is 6.27. The van der Waals surface area contributed by atoms with Crippen LogP contribution in [0.2, 0.25) is 0 Å². The number of carbonyl (C=O) groups is 3. The average molecular weight is 336 g/mol. The zero-order valence-electron chi connectivity index (χ0n) is 13.3. The highest BCUT2D eigenvalue weighted by Gasteiger charge is 2.64. The first kappa shape index (κ1) is 16.7. The Balaban J connectivity index is 1.98. The smallest absolute Gasteiger partial charge is 0.352 e. The van der Waals surface area contributed by atoms with Crippen molar-refractivity contribution in [2.45, 2.75) is 31.5 Å². The molecule has 5 atom stereocenters. The molecule has 3 aliphatic rings. The van der Waals surface area contributed by atoms with Gasteiger partial charge < -0.3 is 25.2 Å². The average Bonchev–Trinajstić information content (AvgIpc) is 2.82. The van der Waals surface area contributed by atoms with Crippen molar-refractivity contribution in [1.29, 1.82) is 0 Å². The van der Waals surface area contributed by atoms with Gasteiger partial charge in [-0.15, -0.1) is 0 Å². The maximum atomic E-state index is 12.3. The monoisotopic (exact) mass is 336 g/mol. The fourth-order valence-corrected chi connectivity index (χ4v) is 4.06. The predicted molar refractivity (Wildman–Crippen MR) is 81.5 cm³/mol. The molecule has 130 valence electrons. The first-order valence-corrected chi connectivity index (χ1v) is 7.88. The number of hydrogen-bond donors (Lipinski definition) is 3. The molecule has 0 aromatic rings. The van der Waals surface area contributed by atoms with Gasteiger partial charge in [0.15, 0.2) is 0 Å². The third-order valence-corrected chi connectivity index (χ3v) is 4.94. The summed E-state index contributed by atoms with van der Waals surface area (Å²) in [6, 6.07) is -1.28. The Morgan fingerprint density at radius 2 is 2.25 bits per heavy atom. The van der Waals surface area contributed by atoms with Crippen LogP contribution in [0.25, 0.3) is 0 Å². The molecule has 8 nitrogen and oxygen atoms in total. The minimum atomic E-state index is -1.19. The van der Waals surface area contributed by atoms with Crippen LogP contribution in [0.5, 0.6) is 0 Å². The highest BCUT2D eigenvalue weighted by molar-refractivity contribution is 6.00. The number of carboxylic acid groups (broad SMARTS) is 1. The molecule has 0 spiro atoms. The van der Waals surface area contributed by atoms with Gasteiger partial charge in [-0.2, -0.15) is 0 Å². The van der Waals surface area contributed by atoms with Crippen molar-refractivity contribution in [2.24, 2.45) is 11.8 Å². The molecule has 0 aromatic carbocycles. The van der Waals surface area contributed by atoms with Crippen molar-refractivity contribution in [1.82, 2.24) is 10.2 Å². The molecule has 1 unspecified atom stereocenters. The van der Waals surface area contributed by atoms with Gasteiger partial charge in [-0.3, -0.25) is 9.59 Å². The molecule has 3 heterocycles. The van der Waals surface area contributed by atoms with E-state index in [4.69, 9.17) is 4.74 Å². The third kappa shape index (κ3) is 2.25. The number of nitrogens with zero attached hydrogens (tertiary/aromatic N) is 1. The van der Waals surface area contributed by atoms with Crippen molar-refractivity contribution < 1.29 is 29.3 Å². The van der Waals surface area contributed by atoms with Crippen LogP contribution in [-0.4, -0.2) is 64.3 Å². The van der Waals surface area contributed by atoms with E-state index >= 15 is 0 Å². The highest BCUT2D eigenvalue weighted by atomic mass is 16.5. The first-order chi connectivity index (χ1) is 11.4. The summed E-state index contributed by atoms with van der Waals surface area (Å²) < 4.78 is 5.11. The molecule has 0 bridgehead atoms. The fourth-order valence-electron chi connectivity index (χ4n) is 4.06. The summed E-state index contributed by atoms with van der Waals surface area (Å²) in [7, 11) is 0. The molecule has 2 fully saturated rings. The molecule has 0 radical (unpaired) electrons. The fraction of sp³-hybridized carbons (Fsp3) is 0.562. The van der Waals surface area contributed by atoms with E-state index in [0.717, 1.165) is 0 Å². The molecule has 3 N–H and O–H groups in total. The van der Waals surface area contributed by atoms with Crippen molar-refractivity contribution in [3.63, 3.8) is 0 Å². The Labute approximate surface area is 138 Å². The Hall–Kier alpha value is -2.19. The Kier molecular flexibility index (Phi) is 4.18. The van der Waals surface area contributed by atoms with Crippen LogP contribution >= 0.6 is 0 Å². The molecular weight excluding hydrogens is 316 g/mol. The van der Waals surface area contributed by atoms with E-state index in [1.807, 2.05) is 0 Å². The lowest BCUT2D eigenvalue weighted by atomic mass is 9.72. The number of aliphatic carboxylic acids is 1. The number of amides is 1. The van der Waals surface area contributed by atoms with Gasteiger partial charge in [-0.05, 0) is 25.5 Å². The zero-order valence-corrected chi connectivity index (χ0v) is 13.3. The summed E-state index contributed by atoms with van der Waals surface area (Å²) >= 11 is 0. The number of aliphatic hydroxyl groups is 1. The molecule has 2 saturated heterocycles. The van der Waals surface area contributed by atoms with Crippen LogP contribution < -0.4 is 5.32 Å². The first-order valence-electron chi connectivity index (χ1n) is 7.88. The molecule has 8 heteroatoms. The summed E-state index contributed by atoms with van der Waals surface area (Å²) in [5.74, 6) is -3.31. The van der Waals surface area contributed by atoms with Gasteiger partial charge in [-0.25, -0.2) is 4.79 Å². The number of carboxylic acids is 1. The number of piperidine rings is 1. The quantitative estimate of drug-likeness (QED) is 0.344. The lowest BCUT2D eigenvalue weighted by molar-refractivity contribution is -0.166. The highest BCUT2D eigenvalue weighted by Crippen LogP contribution is 2.50. The maximum Gasteiger partial charge on any atom is 0.352 e. The van der Waals surface area contributed by atoms with Crippen LogP contribution in [-0.2, 0) is 19.1 Å². The number of carbonyl (C=O) groups excluding carboxylic acids is 2. The predicted octanol–water partition coefficient (Wildman–Crippen LogP) is -0.746. The second kappa shape index (κ2) is 6.03. The summed E-state index contributed by atoms with van der Waals surface area (Å²) in [6.07, 6.45) is 0.969. The van der Waals surface area contributed by atoms with Crippen LogP contribution in [0.3, 0.4) is 0 Å². The largest absolute Gasteiger partial charge is 0.477 e. The Bertz CT molecular complexity index is 640. The van der Waals surface area contributed by atoms with Gasteiger partial charge in [-0.1, -0.05) is 12.7 Å². The van der Waals surface area contributed by atoms with Gasteiger partial charge in [0.05, 0.1) is 18.1 Å². The van der Waals surface area contributed by atoms with E-state index in [9.17, 15) is 24.6 Å². The van der Waals surface area contributed by atoms with E-state index < -0.39 is 47.9 Å². The van der Waals surface area contributed by atoms with Gasteiger partial charge >= 0.3 is 11.9 Å². The van der Waals surface area contributed by atoms with Crippen molar-refractivity contribution in [3.05, 3.63) is 23.9 Å². The lowest BCUT2D eigenvalue weighted by Crippen LogP contribution is -2.67. The Morgan fingerprint density at radius 1 is 1.54 bits per heavy atom. The lowest BCUT2D eigenvalue weighted by Gasteiger charge is -2.48. The number of hydrogen-bond acceptors (Lipinski definition) is 6. The zero-order chi connectivity index (χ0) is 17.6. The standard InChI is InChI=1S/C16H20N2O6/c1-3-6-24-16(23)11-10-8(4-5-17-11)12(15(21)22)18-13(10)9(7(2)19)14(18)20/h3,7,9-11,13,17,19H,1,4-6H2,2H3,(H,21,22)/t7-,9-,10-,11?,13+/m1/s1. The molecule has 3 rings (SSSR count). The van der Waals surface area contributed by atoms with Crippen LogP contribution in [0.1, 0.15) is 13.3 Å². The van der Waals surface area contributed by atoms with Gasteiger partial charge in [0.1, 0.15) is 18.3 Å². The molecule has 24 heavy (non-hydrogen) atoms. The molecule has 0 aromatic heterocycles. The summed E-state index contributed by atoms with van der Waals surface area (Å²) in [6.45, 7) is 5.47. The van der Waals surface area contributed by atoms with E-state index in [-0.39, 0.29) is 12.3 Å². The van der Waals surface area contributed by atoms with Crippen LogP contribution in [0, 0.1) is 11.8 Å². The van der Waals surface area contributed by atoms with Crippen molar-refractivity contribution in [3.8, 4) is 0 Å². The normalized spacial score (nSPS) is 32.6.